The third-order valence-corrected chi connectivity index (χ3v) is 3.21. The second-order valence-corrected chi connectivity index (χ2v) is 4.43. The molecule has 5 heteroatoms. The summed E-state index contributed by atoms with van der Waals surface area (Å²) in [6.45, 7) is 5.29. The molecule has 2 heterocycles. The normalized spacial score (nSPS) is 24.6. The maximum absolute atomic E-state index is 4.09. The molecule has 0 N–H and O–H groups in total. The van der Waals surface area contributed by atoms with Gasteiger partial charge in [-0.15, -0.1) is 5.10 Å². The molecule has 1 aromatic heterocycles. The van der Waals surface area contributed by atoms with Crippen molar-refractivity contribution < 1.29 is 0 Å². The Balaban J connectivity index is 1.94. The number of hydrazine groups is 1. The Labute approximate surface area is 90.6 Å². The predicted molar refractivity (Wildman–Crippen MR) is 58.1 cm³/mol. The molecular weight excluding hydrogens is 190 g/mol. The van der Waals surface area contributed by atoms with Gasteiger partial charge < -0.3 is 0 Å². The minimum absolute atomic E-state index is 0.687. The van der Waals surface area contributed by atoms with Crippen molar-refractivity contribution in [1.82, 2.24) is 25.0 Å². The number of aryl methyl sites for hydroxylation is 1. The number of hydrogen-bond acceptors (Lipinski definition) is 4. The summed E-state index contributed by atoms with van der Waals surface area (Å²) < 4.78 is 2.00. The van der Waals surface area contributed by atoms with E-state index in [0.717, 1.165) is 25.3 Å². The third-order valence-electron chi connectivity index (χ3n) is 3.21. The molecule has 0 aromatic carbocycles. The molecule has 1 atom stereocenters. The smallest absolute Gasteiger partial charge is 0.0722 e. The molecule has 0 amide bonds. The summed E-state index contributed by atoms with van der Waals surface area (Å²) >= 11 is 0. The highest BCUT2D eigenvalue weighted by atomic mass is 15.6. The number of nitrogens with zero attached hydrogens (tertiary/aromatic N) is 5. The van der Waals surface area contributed by atoms with Gasteiger partial charge in [0.2, 0.25) is 0 Å². The lowest BCUT2D eigenvalue weighted by atomic mass is 10.0. The van der Waals surface area contributed by atoms with Crippen molar-refractivity contribution >= 4 is 0 Å². The fraction of sp³-hybridized carbons (Fsp3) is 0.800. The van der Waals surface area contributed by atoms with Crippen LogP contribution in [-0.2, 0) is 6.54 Å². The zero-order valence-electron chi connectivity index (χ0n) is 9.72. The first-order chi connectivity index (χ1) is 7.16. The van der Waals surface area contributed by atoms with Crippen LogP contribution in [0, 0.1) is 12.8 Å². The maximum atomic E-state index is 4.09. The molecule has 0 bridgehead atoms. The van der Waals surface area contributed by atoms with E-state index in [4.69, 9.17) is 0 Å². The number of hydrogen-bond donors (Lipinski definition) is 0. The van der Waals surface area contributed by atoms with Crippen LogP contribution in [0.15, 0.2) is 6.20 Å². The van der Waals surface area contributed by atoms with Crippen molar-refractivity contribution in [3.8, 4) is 0 Å². The zero-order valence-corrected chi connectivity index (χ0v) is 9.72. The Bertz CT molecular complexity index is 321. The van der Waals surface area contributed by atoms with Gasteiger partial charge in [-0.2, -0.15) is 0 Å². The van der Waals surface area contributed by atoms with E-state index in [1.807, 2.05) is 10.9 Å². The largest absolute Gasteiger partial charge is 0.249 e. The average molecular weight is 209 g/mol. The summed E-state index contributed by atoms with van der Waals surface area (Å²) in [5.74, 6) is 0.687. The molecule has 1 aliphatic rings. The summed E-state index contributed by atoms with van der Waals surface area (Å²) in [6.07, 6.45) is 3.05. The van der Waals surface area contributed by atoms with Crippen molar-refractivity contribution in [2.75, 3.05) is 27.2 Å². The molecule has 84 valence electrons. The van der Waals surface area contributed by atoms with E-state index in [1.165, 1.54) is 6.42 Å². The molecule has 2 rings (SSSR count). The maximum Gasteiger partial charge on any atom is 0.0722 e. The van der Waals surface area contributed by atoms with Crippen LogP contribution in [0.5, 0.6) is 0 Å². The Morgan fingerprint density at radius 2 is 2.20 bits per heavy atom. The standard InChI is InChI=1S/C10H19N5/c1-9-6-11-12-15(9)8-10-4-5-13(2)14(3)7-10/h6,10H,4-5,7-8H2,1-3H3. The van der Waals surface area contributed by atoms with Crippen molar-refractivity contribution in [2.45, 2.75) is 19.9 Å². The van der Waals surface area contributed by atoms with Gasteiger partial charge in [-0.3, -0.25) is 0 Å². The quantitative estimate of drug-likeness (QED) is 0.706. The third kappa shape index (κ3) is 2.35. The van der Waals surface area contributed by atoms with Gasteiger partial charge in [0.15, 0.2) is 0 Å². The molecule has 1 aliphatic heterocycles. The molecule has 0 saturated carbocycles. The minimum Gasteiger partial charge on any atom is -0.249 e. The van der Waals surface area contributed by atoms with Gasteiger partial charge in [0, 0.05) is 33.7 Å². The van der Waals surface area contributed by atoms with Crippen LogP contribution < -0.4 is 0 Å². The number of aromatic nitrogens is 3. The Kier molecular flexibility index (Phi) is 3.02. The van der Waals surface area contributed by atoms with Crippen LogP contribution in [-0.4, -0.2) is 52.2 Å². The van der Waals surface area contributed by atoms with Gasteiger partial charge in [0.25, 0.3) is 0 Å². The highest BCUT2D eigenvalue weighted by molar-refractivity contribution is 4.89. The SMILES string of the molecule is Cc1cnnn1CC1CCN(C)N(C)C1. The highest BCUT2D eigenvalue weighted by Gasteiger charge is 2.21. The van der Waals surface area contributed by atoms with Crippen LogP contribution >= 0.6 is 0 Å². The molecule has 1 unspecified atom stereocenters. The van der Waals surface area contributed by atoms with Gasteiger partial charge in [0.05, 0.1) is 11.9 Å². The lowest BCUT2D eigenvalue weighted by molar-refractivity contribution is -0.0301. The van der Waals surface area contributed by atoms with Gasteiger partial charge in [-0.25, -0.2) is 14.7 Å². The fourth-order valence-corrected chi connectivity index (χ4v) is 2.03. The first-order valence-corrected chi connectivity index (χ1v) is 5.44. The molecule has 1 saturated heterocycles. The van der Waals surface area contributed by atoms with Gasteiger partial charge in [-0.05, 0) is 19.3 Å². The molecule has 1 fully saturated rings. The monoisotopic (exact) mass is 209 g/mol. The van der Waals surface area contributed by atoms with Crippen LogP contribution in [0.3, 0.4) is 0 Å². The minimum atomic E-state index is 0.687. The lowest BCUT2D eigenvalue weighted by Gasteiger charge is -2.37. The zero-order chi connectivity index (χ0) is 10.8. The molecule has 5 nitrogen and oxygen atoms in total. The van der Waals surface area contributed by atoms with E-state index in [1.54, 1.807) is 0 Å². The first kappa shape index (κ1) is 10.6. The second kappa shape index (κ2) is 4.28. The van der Waals surface area contributed by atoms with E-state index >= 15 is 0 Å². The van der Waals surface area contributed by atoms with E-state index in [2.05, 4.69) is 41.3 Å². The molecule has 0 spiro atoms. The molecule has 0 aliphatic carbocycles. The predicted octanol–water partition coefficient (Wildman–Crippen LogP) is 0.385. The van der Waals surface area contributed by atoms with Gasteiger partial charge >= 0.3 is 0 Å². The topological polar surface area (TPSA) is 37.2 Å². The van der Waals surface area contributed by atoms with E-state index in [-0.39, 0.29) is 0 Å². The summed E-state index contributed by atoms with van der Waals surface area (Å²) in [6, 6.07) is 0. The molecule has 15 heavy (non-hydrogen) atoms. The van der Waals surface area contributed by atoms with E-state index < -0.39 is 0 Å². The first-order valence-electron chi connectivity index (χ1n) is 5.44. The average Bonchev–Trinajstić information content (AvgIpc) is 2.59. The van der Waals surface area contributed by atoms with Gasteiger partial charge in [-0.1, -0.05) is 5.21 Å². The molecule has 0 radical (unpaired) electrons. The molecule has 1 aromatic rings. The van der Waals surface area contributed by atoms with Crippen molar-refractivity contribution in [2.24, 2.45) is 5.92 Å². The van der Waals surface area contributed by atoms with Crippen LogP contribution in [0.2, 0.25) is 0 Å². The van der Waals surface area contributed by atoms with Crippen molar-refractivity contribution in [3.63, 3.8) is 0 Å². The van der Waals surface area contributed by atoms with Gasteiger partial charge in [0.1, 0.15) is 0 Å². The Hall–Kier alpha value is -0.940. The lowest BCUT2D eigenvalue weighted by Crippen LogP contribution is -2.46. The van der Waals surface area contributed by atoms with Crippen LogP contribution in [0.1, 0.15) is 12.1 Å². The second-order valence-electron chi connectivity index (χ2n) is 4.43. The fourth-order valence-electron chi connectivity index (χ4n) is 2.03. The van der Waals surface area contributed by atoms with Crippen molar-refractivity contribution in [3.05, 3.63) is 11.9 Å². The van der Waals surface area contributed by atoms with E-state index in [9.17, 15) is 0 Å². The molecular formula is C10H19N5. The van der Waals surface area contributed by atoms with Crippen LogP contribution in [0.4, 0.5) is 0 Å². The summed E-state index contributed by atoms with van der Waals surface area (Å²) in [5, 5.41) is 12.5. The van der Waals surface area contributed by atoms with E-state index in [0.29, 0.717) is 5.92 Å². The summed E-state index contributed by atoms with van der Waals surface area (Å²) in [5.41, 5.74) is 1.15. The van der Waals surface area contributed by atoms with Crippen LogP contribution in [0.25, 0.3) is 0 Å². The summed E-state index contributed by atoms with van der Waals surface area (Å²) in [7, 11) is 4.28. The Morgan fingerprint density at radius 1 is 1.40 bits per heavy atom. The summed E-state index contributed by atoms with van der Waals surface area (Å²) in [4.78, 5) is 0. The Morgan fingerprint density at radius 3 is 2.80 bits per heavy atom. The highest BCUT2D eigenvalue weighted by Crippen LogP contribution is 2.16. The number of rotatable bonds is 2. The van der Waals surface area contributed by atoms with Crippen molar-refractivity contribution in [1.29, 1.82) is 0 Å².